The molecule has 0 radical (unpaired) electrons. The Kier molecular flexibility index (Phi) is 7.03. The van der Waals surface area contributed by atoms with Crippen molar-refractivity contribution >= 4 is 5.91 Å². The summed E-state index contributed by atoms with van der Waals surface area (Å²) >= 11 is 0. The molecule has 0 aliphatic heterocycles. The van der Waals surface area contributed by atoms with Gasteiger partial charge in [0.1, 0.15) is 17.2 Å². The lowest BCUT2D eigenvalue weighted by molar-refractivity contribution is -0.116. The molecule has 0 saturated heterocycles. The quantitative estimate of drug-likeness (QED) is 0.556. The molecule has 110 valence electrons. The van der Waals surface area contributed by atoms with E-state index < -0.39 is 0 Å². The zero-order valence-corrected chi connectivity index (χ0v) is 12.0. The minimum Gasteiger partial charge on any atom is -0.496 e. The van der Waals surface area contributed by atoms with Gasteiger partial charge in [0.2, 0.25) is 5.91 Å². The molecule has 0 aliphatic rings. The van der Waals surface area contributed by atoms with E-state index in [-0.39, 0.29) is 5.91 Å². The minimum atomic E-state index is -0.150. The maximum Gasteiger partial charge on any atom is 0.243 e. The molecule has 0 bridgehead atoms. The van der Waals surface area contributed by atoms with Crippen LogP contribution in [0.25, 0.3) is 0 Å². The van der Waals surface area contributed by atoms with Gasteiger partial charge < -0.3 is 19.5 Å². The predicted molar refractivity (Wildman–Crippen MR) is 77.5 cm³/mol. The van der Waals surface area contributed by atoms with Gasteiger partial charge in [0.25, 0.3) is 0 Å². The molecular weight excluding hydrogens is 258 g/mol. The standard InChI is InChI=1S/C15H21NO4/c1-4-15(17)16-7-5-6-8-20-14-10-12(18-2)9-13(11-14)19-3/h4,9-11H,1,5-8H2,2-3H3,(H,16,17). The number of nitrogens with one attached hydrogen (secondary N) is 1. The van der Waals surface area contributed by atoms with Gasteiger partial charge in [-0.3, -0.25) is 4.79 Å². The van der Waals surface area contributed by atoms with Crippen molar-refractivity contribution in [3.8, 4) is 17.2 Å². The number of hydrogen-bond acceptors (Lipinski definition) is 4. The summed E-state index contributed by atoms with van der Waals surface area (Å²) in [5.41, 5.74) is 0. The molecule has 0 saturated carbocycles. The minimum absolute atomic E-state index is 0.150. The van der Waals surface area contributed by atoms with E-state index in [9.17, 15) is 4.79 Å². The van der Waals surface area contributed by atoms with Gasteiger partial charge in [-0.25, -0.2) is 0 Å². The molecule has 1 aromatic rings. The highest BCUT2D eigenvalue weighted by atomic mass is 16.5. The van der Waals surface area contributed by atoms with Gasteiger partial charge in [0.05, 0.1) is 20.8 Å². The Labute approximate surface area is 119 Å². The lowest BCUT2D eigenvalue weighted by Crippen LogP contribution is -2.22. The Morgan fingerprint density at radius 1 is 1.15 bits per heavy atom. The summed E-state index contributed by atoms with van der Waals surface area (Å²) in [5.74, 6) is 1.94. The number of methoxy groups -OCH3 is 2. The highest BCUT2D eigenvalue weighted by Gasteiger charge is 2.02. The number of ether oxygens (including phenoxy) is 3. The zero-order valence-electron chi connectivity index (χ0n) is 12.0. The van der Waals surface area contributed by atoms with E-state index in [2.05, 4.69) is 11.9 Å². The van der Waals surface area contributed by atoms with Gasteiger partial charge in [0.15, 0.2) is 0 Å². The molecule has 0 atom stereocenters. The predicted octanol–water partition coefficient (Wildman–Crippen LogP) is 2.17. The largest absolute Gasteiger partial charge is 0.496 e. The summed E-state index contributed by atoms with van der Waals surface area (Å²) < 4.78 is 16.0. The van der Waals surface area contributed by atoms with E-state index in [4.69, 9.17) is 14.2 Å². The second-order valence-electron chi connectivity index (χ2n) is 4.10. The molecule has 1 N–H and O–H groups in total. The van der Waals surface area contributed by atoms with Gasteiger partial charge in [-0.1, -0.05) is 6.58 Å². The van der Waals surface area contributed by atoms with Crippen molar-refractivity contribution < 1.29 is 19.0 Å². The van der Waals surface area contributed by atoms with Crippen molar-refractivity contribution in [2.45, 2.75) is 12.8 Å². The first-order valence-electron chi connectivity index (χ1n) is 6.45. The molecule has 5 nitrogen and oxygen atoms in total. The number of unbranched alkanes of at least 4 members (excludes halogenated alkanes) is 1. The molecule has 1 rings (SSSR count). The SMILES string of the molecule is C=CC(=O)NCCCCOc1cc(OC)cc(OC)c1. The topological polar surface area (TPSA) is 56.8 Å². The first kappa shape index (κ1) is 15.9. The fourth-order valence-corrected chi connectivity index (χ4v) is 1.57. The van der Waals surface area contributed by atoms with Crippen LogP contribution >= 0.6 is 0 Å². The van der Waals surface area contributed by atoms with Crippen LogP contribution in [0.1, 0.15) is 12.8 Å². The Morgan fingerprint density at radius 3 is 2.30 bits per heavy atom. The molecule has 20 heavy (non-hydrogen) atoms. The van der Waals surface area contributed by atoms with Crippen molar-refractivity contribution in [3.63, 3.8) is 0 Å². The van der Waals surface area contributed by atoms with E-state index in [0.717, 1.165) is 12.8 Å². The average Bonchev–Trinajstić information content (AvgIpc) is 2.49. The van der Waals surface area contributed by atoms with Crippen LogP contribution in [-0.2, 0) is 4.79 Å². The second-order valence-corrected chi connectivity index (χ2v) is 4.10. The number of carbonyl (C=O) groups excluding carboxylic acids is 1. The summed E-state index contributed by atoms with van der Waals surface area (Å²) in [5, 5.41) is 2.71. The Morgan fingerprint density at radius 2 is 1.75 bits per heavy atom. The number of rotatable bonds is 9. The number of benzene rings is 1. The van der Waals surface area contributed by atoms with Crippen LogP contribution in [0, 0.1) is 0 Å². The van der Waals surface area contributed by atoms with Gasteiger partial charge >= 0.3 is 0 Å². The fraction of sp³-hybridized carbons (Fsp3) is 0.400. The van der Waals surface area contributed by atoms with Gasteiger partial charge in [-0.2, -0.15) is 0 Å². The van der Waals surface area contributed by atoms with E-state index in [1.807, 2.05) is 12.1 Å². The summed E-state index contributed by atoms with van der Waals surface area (Å²) in [6.45, 7) is 4.58. The molecule has 0 spiro atoms. The van der Waals surface area contributed by atoms with Crippen LogP contribution in [0.15, 0.2) is 30.9 Å². The van der Waals surface area contributed by atoms with Crippen LogP contribution in [0.4, 0.5) is 0 Å². The van der Waals surface area contributed by atoms with Crippen molar-refractivity contribution in [1.29, 1.82) is 0 Å². The second kappa shape index (κ2) is 8.85. The molecule has 0 heterocycles. The Bertz CT molecular complexity index is 423. The molecule has 1 aromatic carbocycles. The molecule has 0 aliphatic carbocycles. The highest BCUT2D eigenvalue weighted by molar-refractivity contribution is 5.86. The Hall–Kier alpha value is -2.17. The van der Waals surface area contributed by atoms with Crippen molar-refractivity contribution in [2.24, 2.45) is 0 Å². The maximum atomic E-state index is 10.9. The Balaban J connectivity index is 2.31. The summed E-state index contributed by atoms with van der Waals surface area (Å²) in [4.78, 5) is 10.9. The zero-order chi connectivity index (χ0) is 14.8. The van der Waals surface area contributed by atoms with E-state index in [1.165, 1.54) is 6.08 Å². The van der Waals surface area contributed by atoms with E-state index in [0.29, 0.717) is 30.4 Å². The molecule has 0 fully saturated rings. The first-order chi connectivity index (χ1) is 9.69. The fourth-order valence-electron chi connectivity index (χ4n) is 1.57. The van der Waals surface area contributed by atoms with Crippen LogP contribution in [0.5, 0.6) is 17.2 Å². The third-order valence-corrected chi connectivity index (χ3v) is 2.65. The summed E-state index contributed by atoms with van der Waals surface area (Å²) in [6, 6.07) is 5.40. The number of hydrogen-bond donors (Lipinski definition) is 1. The normalized spacial score (nSPS) is 9.70. The molecule has 0 aromatic heterocycles. The average molecular weight is 279 g/mol. The van der Waals surface area contributed by atoms with Crippen molar-refractivity contribution in [2.75, 3.05) is 27.4 Å². The van der Waals surface area contributed by atoms with Crippen molar-refractivity contribution in [1.82, 2.24) is 5.32 Å². The lowest BCUT2D eigenvalue weighted by atomic mass is 10.3. The number of amides is 1. The van der Waals surface area contributed by atoms with Crippen LogP contribution in [0.2, 0.25) is 0 Å². The molecule has 1 amide bonds. The first-order valence-corrected chi connectivity index (χ1v) is 6.45. The third kappa shape index (κ3) is 5.65. The smallest absolute Gasteiger partial charge is 0.243 e. The molecule has 5 heteroatoms. The number of carbonyl (C=O) groups is 1. The van der Waals surface area contributed by atoms with Gasteiger partial charge in [0, 0.05) is 24.7 Å². The van der Waals surface area contributed by atoms with Gasteiger partial charge in [-0.05, 0) is 18.9 Å². The van der Waals surface area contributed by atoms with E-state index >= 15 is 0 Å². The van der Waals surface area contributed by atoms with Crippen LogP contribution < -0.4 is 19.5 Å². The van der Waals surface area contributed by atoms with Crippen LogP contribution in [0.3, 0.4) is 0 Å². The third-order valence-electron chi connectivity index (χ3n) is 2.65. The summed E-state index contributed by atoms with van der Waals surface area (Å²) in [6.07, 6.45) is 2.96. The molecule has 0 unspecified atom stereocenters. The monoisotopic (exact) mass is 279 g/mol. The summed E-state index contributed by atoms with van der Waals surface area (Å²) in [7, 11) is 3.20. The van der Waals surface area contributed by atoms with Gasteiger partial charge in [-0.15, -0.1) is 0 Å². The van der Waals surface area contributed by atoms with Crippen LogP contribution in [-0.4, -0.2) is 33.3 Å². The molecular formula is C15H21NO4. The lowest BCUT2D eigenvalue weighted by Gasteiger charge is -2.10. The van der Waals surface area contributed by atoms with E-state index in [1.54, 1.807) is 20.3 Å². The maximum absolute atomic E-state index is 10.9. The van der Waals surface area contributed by atoms with Crippen molar-refractivity contribution in [3.05, 3.63) is 30.9 Å². The highest BCUT2D eigenvalue weighted by Crippen LogP contribution is 2.27.